The molecule has 1 aliphatic heterocycles. The van der Waals surface area contributed by atoms with Crippen LogP contribution in [0, 0.1) is 11.7 Å². The third-order valence-electron chi connectivity index (χ3n) is 3.79. The highest BCUT2D eigenvalue weighted by Crippen LogP contribution is 2.22. The van der Waals surface area contributed by atoms with Crippen molar-refractivity contribution in [1.29, 1.82) is 0 Å². The van der Waals surface area contributed by atoms with Gasteiger partial charge in [0.2, 0.25) is 0 Å². The maximum Gasteiger partial charge on any atom is 0.123 e. The monoisotopic (exact) mass is 320 g/mol. The molecule has 1 aromatic rings. The van der Waals surface area contributed by atoms with Gasteiger partial charge in [0.1, 0.15) is 5.82 Å². The van der Waals surface area contributed by atoms with Crippen LogP contribution in [0.15, 0.2) is 18.2 Å². The maximum absolute atomic E-state index is 13.2. The number of rotatable bonds is 5. The van der Waals surface area contributed by atoms with Crippen LogP contribution in [-0.4, -0.2) is 31.1 Å². The molecule has 0 atom stereocenters. The average molecular weight is 321 g/mol. The van der Waals surface area contributed by atoms with Crippen LogP contribution in [0.25, 0.3) is 0 Å². The largest absolute Gasteiger partial charge is 0.317 e. The summed E-state index contributed by atoms with van der Waals surface area (Å²) < 4.78 is 13.2. The second-order valence-electron chi connectivity index (χ2n) is 5.26. The number of piperidine rings is 1. The quantitative estimate of drug-likeness (QED) is 0.889. The Morgan fingerprint density at radius 1 is 1.35 bits per heavy atom. The van der Waals surface area contributed by atoms with Gasteiger partial charge in [0.05, 0.1) is 0 Å². The van der Waals surface area contributed by atoms with Crippen LogP contribution in [0.1, 0.15) is 25.3 Å². The molecule has 1 aliphatic rings. The zero-order valence-electron chi connectivity index (χ0n) is 11.9. The third-order valence-corrected chi connectivity index (χ3v) is 4.16. The molecule has 114 valence electrons. The van der Waals surface area contributed by atoms with E-state index in [2.05, 4.69) is 17.1 Å². The summed E-state index contributed by atoms with van der Waals surface area (Å²) in [5.41, 5.74) is 0.895. The fourth-order valence-corrected chi connectivity index (χ4v) is 2.78. The van der Waals surface area contributed by atoms with Gasteiger partial charge in [0.15, 0.2) is 0 Å². The highest BCUT2D eigenvalue weighted by Gasteiger charge is 2.19. The lowest BCUT2D eigenvalue weighted by Crippen LogP contribution is -2.36. The number of benzene rings is 1. The van der Waals surface area contributed by atoms with Gasteiger partial charge in [0.25, 0.3) is 0 Å². The van der Waals surface area contributed by atoms with E-state index in [4.69, 9.17) is 11.6 Å². The molecule has 0 unspecified atom stereocenters. The summed E-state index contributed by atoms with van der Waals surface area (Å²) in [6, 6.07) is 4.60. The van der Waals surface area contributed by atoms with Gasteiger partial charge in [-0.05, 0) is 68.7 Å². The van der Waals surface area contributed by atoms with Gasteiger partial charge in [-0.25, -0.2) is 4.39 Å². The summed E-state index contributed by atoms with van der Waals surface area (Å²) in [5.74, 6) is 0.570. The molecule has 1 aromatic carbocycles. The zero-order valence-corrected chi connectivity index (χ0v) is 13.4. The van der Waals surface area contributed by atoms with Crippen molar-refractivity contribution in [2.75, 3.05) is 26.2 Å². The zero-order chi connectivity index (χ0) is 13.7. The van der Waals surface area contributed by atoms with E-state index in [1.807, 2.05) is 0 Å². The van der Waals surface area contributed by atoms with Crippen LogP contribution >= 0.6 is 24.0 Å². The lowest BCUT2D eigenvalue weighted by Gasteiger charge is -2.32. The molecule has 1 heterocycles. The molecule has 0 aromatic heterocycles. The standard InChI is InChI=1S/C15H22ClFN2.ClH/c1-2-18-10-12-5-7-19(8-6-12)11-13-9-14(17)3-4-15(13)16;/h3-4,9,12,18H,2,5-8,10-11H2,1H3;1H. The van der Waals surface area contributed by atoms with Gasteiger partial charge in [0, 0.05) is 11.6 Å². The van der Waals surface area contributed by atoms with Gasteiger partial charge < -0.3 is 5.32 Å². The van der Waals surface area contributed by atoms with Crippen molar-refractivity contribution in [2.45, 2.75) is 26.3 Å². The van der Waals surface area contributed by atoms with Crippen LogP contribution < -0.4 is 5.32 Å². The number of likely N-dealkylation sites (tertiary alicyclic amines) is 1. The SMILES string of the molecule is CCNCC1CCN(Cc2cc(F)ccc2Cl)CC1.Cl. The Balaban J connectivity index is 0.00000200. The maximum atomic E-state index is 13.2. The van der Waals surface area contributed by atoms with Crippen molar-refractivity contribution < 1.29 is 4.39 Å². The van der Waals surface area contributed by atoms with E-state index in [-0.39, 0.29) is 18.2 Å². The Labute approximate surface area is 132 Å². The van der Waals surface area contributed by atoms with Gasteiger partial charge >= 0.3 is 0 Å². The lowest BCUT2D eigenvalue weighted by molar-refractivity contribution is 0.176. The molecule has 1 saturated heterocycles. The van der Waals surface area contributed by atoms with E-state index < -0.39 is 0 Å². The summed E-state index contributed by atoms with van der Waals surface area (Å²) in [6.07, 6.45) is 2.42. The summed E-state index contributed by atoms with van der Waals surface area (Å²) >= 11 is 6.11. The normalized spacial score (nSPS) is 16.9. The first-order chi connectivity index (χ1) is 9.19. The Morgan fingerprint density at radius 3 is 2.70 bits per heavy atom. The third kappa shape index (κ3) is 5.21. The van der Waals surface area contributed by atoms with Crippen molar-refractivity contribution in [3.8, 4) is 0 Å². The van der Waals surface area contributed by atoms with Crippen molar-refractivity contribution in [3.63, 3.8) is 0 Å². The van der Waals surface area contributed by atoms with Gasteiger partial charge in [-0.3, -0.25) is 4.90 Å². The Morgan fingerprint density at radius 2 is 2.05 bits per heavy atom. The van der Waals surface area contributed by atoms with Crippen LogP contribution in [0.3, 0.4) is 0 Å². The Hall–Kier alpha value is -0.350. The summed E-state index contributed by atoms with van der Waals surface area (Å²) in [7, 11) is 0. The van der Waals surface area contributed by atoms with E-state index >= 15 is 0 Å². The fourth-order valence-electron chi connectivity index (χ4n) is 2.60. The summed E-state index contributed by atoms with van der Waals surface area (Å²) in [4.78, 5) is 2.36. The molecule has 5 heteroatoms. The van der Waals surface area contributed by atoms with Crippen LogP contribution in [0.5, 0.6) is 0 Å². The molecular formula is C15H23Cl2FN2. The second-order valence-corrected chi connectivity index (χ2v) is 5.67. The number of nitrogens with zero attached hydrogens (tertiary/aromatic N) is 1. The molecule has 0 saturated carbocycles. The minimum absolute atomic E-state index is 0. The molecule has 1 fully saturated rings. The second kappa shape index (κ2) is 8.83. The molecule has 0 spiro atoms. The molecule has 1 N–H and O–H groups in total. The van der Waals surface area contributed by atoms with Crippen molar-refractivity contribution in [3.05, 3.63) is 34.6 Å². The van der Waals surface area contributed by atoms with E-state index in [0.29, 0.717) is 5.02 Å². The first-order valence-corrected chi connectivity index (χ1v) is 7.44. The molecular weight excluding hydrogens is 298 g/mol. The Kier molecular flexibility index (Phi) is 7.82. The highest BCUT2D eigenvalue weighted by atomic mass is 35.5. The van der Waals surface area contributed by atoms with Crippen molar-refractivity contribution >= 4 is 24.0 Å². The van der Waals surface area contributed by atoms with E-state index in [1.165, 1.54) is 18.9 Å². The van der Waals surface area contributed by atoms with E-state index in [0.717, 1.165) is 44.2 Å². The fraction of sp³-hybridized carbons (Fsp3) is 0.600. The topological polar surface area (TPSA) is 15.3 Å². The van der Waals surface area contributed by atoms with Crippen molar-refractivity contribution in [1.82, 2.24) is 10.2 Å². The highest BCUT2D eigenvalue weighted by molar-refractivity contribution is 6.31. The van der Waals surface area contributed by atoms with Gasteiger partial charge in [-0.15, -0.1) is 12.4 Å². The Bertz CT molecular complexity index is 407. The van der Waals surface area contributed by atoms with Crippen LogP contribution in [0.2, 0.25) is 5.02 Å². The predicted octanol–water partition coefficient (Wildman–Crippen LogP) is 3.72. The van der Waals surface area contributed by atoms with Crippen LogP contribution in [0.4, 0.5) is 4.39 Å². The van der Waals surface area contributed by atoms with E-state index in [1.54, 1.807) is 12.1 Å². The molecule has 20 heavy (non-hydrogen) atoms. The van der Waals surface area contributed by atoms with E-state index in [9.17, 15) is 4.39 Å². The van der Waals surface area contributed by atoms with Gasteiger partial charge in [-0.1, -0.05) is 18.5 Å². The number of halogens is 3. The first kappa shape index (κ1) is 17.7. The molecule has 2 nitrogen and oxygen atoms in total. The molecule has 0 aliphatic carbocycles. The van der Waals surface area contributed by atoms with Gasteiger partial charge in [-0.2, -0.15) is 0 Å². The predicted molar refractivity (Wildman–Crippen MR) is 85.2 cm³/mol. The minimum Gasteiger partial charge on any atom is -0.317 e. The number of hydrogen-bond acceptors (Lipinski definition) is 2. The lowest BCUT2D eigenvalue weighted by atomic mass is 9.96. The van der Waals surface area contributed by atoms with Crippen LogP contribution in [-0.2, 0) is 6.54 Å². The number of nitrogens with one attached hydrogen (secondary N) is 1. The first-order valence-electron chi connectivity index (χ1n) is 7.06. The summed E-state index contributed by atoms with van der Waals surface area (Å²) in [6.45, 7) is 7.20. The molecule has 0 radical (unpaired) electrons. The smallest absolute Gasteiger partial charge is 0.123 e. The average Bonchev–Trinajstić information content (AvgIpc) is 2.42. The van der Waals surface area contributed by atoms with Crippen molar-refractivity contribution in [2.24, 2.45) is 5.92 Å². The summed E-state index contributed by atoms with van der Waals surface area (Å²) in [5, 5.41) is 4.07. The number of hydrogen-bond donors (Lipinski definition) is 1. The molecule has 2 rings (SSSR count). The minimum atomic E-state index is -0.207. The molecule has 0 bridgehead atoms. The molecule has 0 amide bonds.